The number of hydrogen-bond donors (Lipinski definition) is 2. The van der Waals surface area contributed by atoms with E-state index in [9.17, 15) is 22.4 Å². The summed E-state index contributed by atoms with van der Waals surface area (Å²) < 4.78 is 58.2. The van der Waals surface area contributed by atoms with E-state index < -0.39 is 17.6 Å². The highest BCUT2D eigenvalue weighted by molar-refractivity contribution is 5.95. The van der Waals surface area contributed by atoms with Crippen molar-refractivity contribution in [2.45, 2.75) is 38.8 Å². The van der Waals surface area contributed by atoms with Gasteiger partial charge in [0.15, 0.2) is 0 Å². The van der Waals surface area contributed by atoms with Gasteiger partial charge in [0, 0.05) is 26.0 Å². The number of alkyl halides is 3. The molecular formula is C22H25F4N3O2. The smallest absolute Gasteiger partial charge is 0.381 e. The third-order valence-corrected chi connectivity index (χ3v) is 5.25. The van der Waals surface area contributed by atoms with Crippen LogP contribution in [0.1, 0.15) is 54.1 Å². The van der Waals surface area contributed by atoms with Gasteiger partial charge in [-0.05, 0) is 54.5 Å². The standard InChI is InChI=1S/C22H25F4N3O2/c1-13(2)16-10-20(29-19-9-15(22(24,25)26)3-4-18(19)23)27-12-17(16)21(30)28-11-14-5-7-31-8-6-14/h3-4,9-10,12-14H,5-8,11H2,1-2H3,(H,27,29)(H,28,30). The van der Waals surface area contributed by atoms with Crippen molar-refractivity contribution in [3.05, 3.63) is 53.0 Å². The molecule has 0 saturated carbocycles. The Balaban J connectivity index is 1.78. The number of nitrogens with one attached hydrogen (secondary N) is 2. The van der Waals surface area contributed by atoms with Crippen LogP contribution < -0.4 is 10.6 Å². The van der Waals surface area contributed by atoms with Crippen LogP contribution in [0, 0.1) is 11.7 Å². The van der Waals surface area contributed by atoms with E-state index in [-0.39, 0.29) is 23.3 Å². The summed E-state index contributed by atoms with van der Waals surface area (Å²) in [6.07, 6.45) is -1.45. The van der Waals surface area contributed by atoms with Crippen molar-refractivity contribution >= 4 is 17.4 Å². The van der Waals surface area contributed by atoms with Crippen molar-refractivity contribution in [3.63, 3.8) is 0 Å². The van der Waals surface area contributed by atoms with E-state index in [2.05, 4.69) is 15.6 Å². The fourth-order valence-electron chi connectivity index (χ4n) is 3.42. The van der Waals surface area contributed by atoms with Gasteiger partial charge in [0.05, 0.1) is 16.8 Å². The maximum absolute atomic E-state index is 14.1. The monoisotopic (exact) mass is 439 g/mol. The van der Waals surface area contributed by atoms with Gasteiger partial charge in [-0.2, -0.15) is 13.2 Å². The number of pyridine rings is 1. The first kappa shape index (κ1) is 23.0. The Labute approximate surface area is 178 Å². The fourth-order valence-corrected chi connectivity index (χ4v) is 3.42. The molecule has 168 valence electrons. The Hall–Kier alpha value is -2.68. The second-order valence-corrected chi connectivity index (χ2v) is 7.89. The minimum Gasteiger partial charge on any atom is -0.381 e. The van der Waals surface area contributed by atoms with Gasteiger partial charge in [0.2, 0.25) is 0 Å². The molecule has 0 unspecified atom stereocenters. The average Bonchev–Trinajstić information content (AvgIpc) is 2.73. The number of carbonyl (C=O) groups excluding carboxylic acids is 1. The summed E-state index contributed by atoms with van der Waals surface area (Å²) in [6, 6.07) is 3.69. The van der Waals surface area contributed by atoms with Crippen LogP contribution >= 0.6 is 0 Å². The zero-order valence-corrected chi connectivity index (χ0v) is 17.4. The average molecular weight is 439 g/mol. The largest absolute Gasteiger partial charge is 0.416 e. The van der Waals surface area contributed by atoms with Crippen molar-refractivity contribution in [2.24, 2.45) is 5.92 Å². The summed E-state index contributed by atoms with van der Waals surface area (Å²) in [6.45, 7) is 5.69. The van der Waals surface area contributed by atoms with Gasteiger partial charge in [-0.25, -0.2) is 9.37 Å². The van der Waals surface area contributed by atoms with Gasteiger partial charge in [-0.15, -0.1) is 0 Å². The lowest BCUT2D eigenvalue weighted by atomic mass is 9.97. The lowest BCUT2D eigenvalue weighted by Gasteiger charge is -2.22. The van der Waals surface area contributed by atoms with Crippen LogP contribution in [0.15, 0.2) is 30.5 Å². The van der Waals surface area contributed by atoms with Crippen molar-refractivity contribution in [2.75, 3.05) is 25.1 Å². The molecule has 1 aliphatic rings. The van der Waals surface area contributed by atoms with E-state index in [4.69, 9.17) is 4.74 Å². The highest BCUT2D eigenvalue weighted by Crippen LogP contribution is 2.33. The number of aromatic nitrogens is 1. The molecule has 1 saturated heterocycles. The third kappa shape index (κ3) is 5.94. The predicted octanol–water partition coefficient (Wildman–Crippen LogP) is 5.26. The van der Waals surface area contributed by atoms with Crippen molar-refractivity contribution in [1.82, 2.24) is 10.3 Å². The minimum absolute atomic E-state index is 0.0567. The molecule has 1 aliphatic heterocycles. The normalized spacial score (nSPS) is 15.2. The minimum atomic E-state index is -4.59. The SMILES string of the molecule is CC(C)c1cc(Nc2cc(C(F)(F)F)ccc2F)ncc1C(=O)NCC1CCOCC1. The molecule has 2 N–H and O–H groups in total. The zero-order valence-electron chi connectivity index (χ0n) is 17.4. The second kappa shape index (κ2) is 9.64. The third-order valence-electron chi connectivity index (χ3n) is 5.25. The Morgan fingerprint density at radius 1 is 1.23 bits per heavy atom. The predicted molar refractivity (Wildman–Crippen MR) is 109 cm³/mol. The Bertz CT molecular complexity index is 925. The van der Waals surface area contributed by atoms with E-state index in [0.717, 1.165) is 18.9 Å². The maximum atomic E-state index is 14.1. The van der Waals surface area contributed by atoms with Gasteiger partial charge in [0.1, 0.15) is 11.6 Å². The van der Waals surface area contributed by atoms with E-state index in [1.54, 1.807) is 6.07 Å². The first-order chi connectivity index (χ1) is 14.6. The van der Waals surface area contributed by atoms with Crippen LogP contribution in [0.5, 0.6) is 0 Å². The molecule has 31 heavy (non-hydrogen) atoms. The second-order valence-electron chi connectivity index (χ2n) is 7.89. The van der Waals surface area contributed by atoms with Crippen LogP contribution in [0.3, 0.4) is 0 Å². The molecule has 0 atom stereocenters. The molecule has 1 fully saturated rings. The van der Waals surface area contributed by atoms with E-state index in [1.165, 1.54) is 6.20 Å². The summed E-state index contributed by atoms with van der Waals surface area (Å²) in [5.41, 5.74) is -0.259. The molecule has 0 aliphatic carbocycles. The molecule has 3 rings (SSSR count). The lowest BCUT2D eigenvalue weighted by Crippen LogP contribution is -2.32. The first-order valence-electron chi connectivity index (χ1n) is 10.1. The zero-order chi connectivity index (χ0) is 22.6. The number of nitrogens with zero attached hydrogens (tertiary/aromatic N) is 1. The van der Waals surface area contributed by atoms with Crippen molar-refractivity contribution < 1.29 is 27.1 Å². The molecule has 2 heterocycles. The van der Waals surface area contributed by atoms with Crippen molar-refractivity contribution in [3.8, 4) is 0 Å². The van der Waals surface area contributed by atoms with Gasteiger partial charge >= 0.3 is 6.18 Å². The van der Waals surface area contributed by atoms with E-state index in [0.29, 0.717) is 48.9 Å². The summed E-state index contributed by atoms with van der Waals surface area (Å²) in [4.78, 5) is 16.8. The van der Waals surface area contributed by atoms with Crippen LogP contribution in [-0.4, -0.2) is 30.6 Å². The molecule has 1 aromatic carbocycles. The maximum Gasteiger partial charge on any atom is 0.416 e. The van der Waals surface area contributed by atoms with Crippen LogP contribution in [0.25, 0.3) is 0 Å². The summed E-state index contributed by atoms with van der Waals surface area (Å²) in [7, 11) is 0. The number of anilines is 2. The molecule has 1 amide bonds. The molecule has 0 bridgehead atoms. The number of benzene rings is 1. The molecule has 1 aromatic heterocycles. The summed E-state index contributed by atoms with van der Waals surface area (Å²) in [5.74, 6) is -0.640. The van der Waals surface area contributed by atoms with E-state index in [1.807, 2.05) is 13.8 Å². The van der Waals surface area contributed by atoms with Gasteiger partial charge in [-0.3, -0.25) is 4.79 Å². The molecule has 2 aromatic rings. The fraction of sp³-hybridized carbons (Fsp3) is 0.455. The van der Waals surface area contributed by atoms with Gasteiger partial charge in [0.25, 0.3) is 5.91 Å². The van der Waals surface area contributed by atoms with Crippen molar-refractivity contribution in [1.29, 1.82) is 0 Å². The molecule has 0 spiro atoms. The van der Waals surface area contributed by atoms with E-state index >= 15 is 0 Å². The number of carbonyl (C=O) groups is 1. The lowest BCUT2D eigenvalue weighted by molar-refractivity contribution is -0.137. The number of ether oxygens (including phenoxy) is 1. The molecule has 0 radical (unpaired) electrons. The first-order valence-corrected chi connectivity index (χ1v) is 10.1. The number of halogens is 4. The number of rotatable bonds is 6. The molecule has 5 nitrogen and oxygen atoms in total. The molecular weight excluding hydrogens is 414 g/mol. The topological polar surface area (TPSA) is 63.2 Å². The van der Waals surface area contributed by atoms with Crippen LogP contribution in [0.4, 0.5) is 29.1 Å². The van der Waals surface area contributed by atoms with Crippen LogP contribution in [-0.2, 0) is 10.9 Å². The summed E-state index contributed by atoms with van der Waals surface area (Å²) >= 11 is 0. The number of hydrogen-bond acceptors (Lipinski definition) is 4. The quantitative estimate of drug-likeness (QED) is 0.603. The highest BCUT2D eigenvalue weighted by atomic mass is 19.4. The molecule has 9 heteroatoms. The Morgan fingerprint density at radius 2 is 1.94 bits per heavy atom. The highest BCUT2D eigenvalue weighted by Gasteiger charge is 2.31. The van der Waals surface area contributed by atoms with Gasteiger partial charge in [-0.1, -0.05) is 13.8 Å². The van der Waals surface area contributed by atoms with Gasteiger partial charge < -0.3 is 15.4 Å². The summed E-state index contributed by atoms with van der Waals surface area (Å²) in [5, 5.41) is 5.52. The Kier molecular flexibility index (Phi) is 7.15. The Morgan fingerprint density at radius 3 is 2.58 bits per heavy atom. The van der Waals surface area contributed by atoms with Crippen LogP contribution in [0.2, 0.25) is 0 Å². The number of amides is 1.